The van der Waals surface area contributed by atoms with Crippen molar-refractivity contribution in [2.45, 2.75) is 0 Å². The average Bonchev–Trinajstić information content (AvgIpc) is 2.82. The summed E-state index contributed by atoms with van der Waals surface area (Å²) < 4.78 is 2.02. The first kappa shape index (κ1) is 13.8. The molecule has 1 aromatic carbocycles. The zero-order valence-corrected chi connectivity index (χ0v) is 12.9. The van der Waals surface area contributed by atoms with Gasteiger partial charge in [-0.1, -0.05) is 24.8 Å². The summed E-state index contributed by atoms with van der Waals surface area (Å²) in [5.41, 5.74) is 4.51. The van der Waals surface area contributed by atoms with Crippen LogP contribution in [0.4, 0.5) is 0 Å². The fraction of sp³-hybridized carbons (Fsp3) is 0.0625. The lowest BCUT2D eigenvalue weighted by atomic mass is 10.0. The molecule has 0 fully saturated rings. The van der Waals surface area contributed by atoms with Crippen molar-refractivity contribution in [1.29, 1.82) is 0 Å². The summed E-state index contributed by atoms with van der Waals surface area (Å²) >= 11 is 0. The van der Waals surface area contributed by atoms with Crippen LogP contribution in [0.5, 0.6) is 0 Å². The van der Waals surface area contributed by atoms with E-state index in [-0.39, 0.29) is 24.0 Å². The minimum Gasteiger partial charge on any atom is -1.00 e. The molecule has 0 radical (unpaired) electrons. The summed E-state index contributed by atoms with van der Waals surface area (Å²) in [5, 5.41) is 1.22. The Bertz CT molecular complexity index is 711. The SMILES string of the molecule is C=C(c1cc[n+](C)cc1)c1c[nH]c2ccccc12.[I-]. The Morgan fingerprint density at radius 3 is 2.53 bits per heavy atom. The van der Waals surface area contributed by atoms with Gasteiger partial charge in [-0.2, -0.15) is 0 Å². The van der Waals surface area contributed by atoms with E-state index < -0.39 is 0 Å². The summed E-state index contributed by atoms with van der Waals surface area (Å²) in [6, 6.07) is 12.5. The molecule has 0 aliphatic rings. The van der Waals surface area contributed by atoms with Gasteiger partial charge in [0, 0.05) is 34.8 Å². The van der Waals surface area contributed by atoms with Gasteiger partial charge in [-0.3, -0.25) is 0 Å². The lowest BCUT2D eigenvalue weighted by molar-refractivity contribution is -0.671. The standard InChI is InChI=1S/C16H15N2.HI/c1-12(13-7-9-18(2)10-8-13)15-11-17-16-6-4-3-5-14(15)16;/h3-11,17H,1H2,2H3;1H/q+1;/p-1. The van der Waals surface area contributed by atoms with E-state index >= 15 is 0 Å². The van der Waals surface area contributed by atoms with E-state index in [1.165, 1.54) is 10.9 Å². The van der Waals surface area contributed by atoms with Crippen LogP contribution >= 0.6 is 0 Å². The molecule has 0 aliphatic heterocycles. The number of pyridine rings is 1. The fourth-order valence-electron chi connectivity index (χ4n) is 2.18. The number of para-hydroxylation sites is 1. The van der Waals surface area contributed by atoms with Crippen molar-refractivity contribution in [3.63, 3.8) is 0 Å². The second kappa shape index (κ2) is 5.57. The number of aromatic nitrogens is 2. The number of hydrogen-bond acceptors (Lipinski definition) is 0. The molecule has 19 heavy (non-hydrogen) atoms. The number of H-pyrrole nitrogens is 1. The van der Waals surface area contributed by atoms with Crippen molar-refractivity contribution in [2.75, 3.05) is 0 Å². The largest absolute Gasteiger partial charge is 1.00 e. The highest BCUT2D eigenvalue weighted by molar-refractivity contribution is 5.96. The Balaban J connectivity index is 0.00000133. The van der Waals surface area contributed by atoms with E-state index in [9.17, 15) is 0 Å². The average molecular weight is 362 g/mol. The van der Waals surface area contributed by atoms with Crippen LogP contribution in [0.3, 0.4) is 0 Å². The normalized spacial score (nSPS) is 10.2. The number of benzene rings is 1. The quantitative estimate of drug-likeness (QED) is 0.492. The molecule has 0 saturated heterocycles. The Morgan fingerprint density at radius 2 is 1.79 bits per heavy atom. The number of aromatic amines is 1. The topological polar surface area (TPSA) is 19.7 Å². The third-order valence-corrected chi connectivity index (χ3v) is 3.24. The minimum absolute atomic E-state index is 0. The van der Waals surface area contributed by atoms with Crippen LogP contribution in [0.1, 0.15) is 11.1 Å². The van der Waals surface area contributed by atoms with Crippen molar-refractivity contribution in [3.8, 4) is 0 Å². The van der Waals surface area contributed by atoms with Crippen molar-refractivity contribution in [1.82, 2.24) is 4.98 Å². The van der Waals surface area contributed by atoms with Crippen LogP contribution in [0, 0.1) is 0 Å². The van der Waals surface area contributed by atoms with E-state index in [1.54, 1.807) is 0 Å². The van der Waals surface area contributed by atoms with Gasteiger partial charge in [0.05, 0.1) is 0 Å². The smallest absolute Gasteiger partial charge is 0.169 e. The second-order valence-electron chi connectivity index (χ2n) is 4.48. The molecule has 2 nitrogen and oxygen atoms in total. The van der Waals surface area contributed by atoms with Crippen LogP contribution in [0.15, 0.2) is 61.6 Å². The van der Waals surface area contributed by atoms with Gasteiger partial charge in [-0.25, -0.2) is 4.57 Å². The number of halogens is 1. The monoisotopic (exact) mass is 362 g/mol. The molecule has 3 heteroatoms. The first-order chi connectivity index (χ1) is 8.75. The Morgan fingerprint density at radius 1 is 1.11 bits per heavy atom. The molecule has 0 amide bonds. The van der Waals surface area contributed by atoms with Crippen molar-refractivity contribution in [3.05, 3.63) is 72.7 Å². The summed E-state index contributed by atoms with van der Waals surface area (Å²) in [4.78, 5) is 3.28. The summed E-state index contributed by atoms with van der Waals surface area (Å²) in [6.07, 6.45) is 6.10. The third kappa shape index (κ3) is 2.56. The molecular formula is C16H15IN2. The molecule has 3 aromatic rings. The van der Waals surface area contributed by atoms with E-state index in [4.69, 9.17) is 0 Å². The van der Waals surface area contributed by atoms with Gasteiger partial charge in [-0.05, 0) is 17.2 Å². The van der Waals surface area contributed by atoms with Crippen molar-refractivity contribution in [2.24, 2.45) is 7.05 Å². The van der Waals surface area contributed by atoms with Crippen LogP contribution in [0.2, 0.25) is 0 Å². The lowest BCUT2D eigenvalue weighted by Gasteiger charge is -2.03. The number of rotatable bonds is 2. The van der Waals surface area contributed by atoms with Crippen LogP contribution < -0.4 is 28.5 Å². The van der Waals surface area contributed by atoms with Gasteiger partial charge in [0.15, 0.2) is 12.4 Å². The number of nitrogens with one attached hydrogen (secondary N) is 1. The predicted molar refractivity (Wildman–Crippen MR) is 74.1 cm³/mol. The summed E-state index contributed by atoms with van der Waals surface area (Å²) in [5.74, 6) is 0. The van der Waals surface area contributed by atoms with E-state index in [0.29, 0.717) is 0 Å². The molecule has 3 rings (SSSR count). The summed E-state index contributed by atoms with van der Waals surface area (Å²) in [6.45, 7) is 4.22. The Kier molecular flexibility index (Phi) is 4.04. The molecule has 0 aliphatic carbocycles. The molecule has 1 N–H and O–H groups in total. The Hall–Kier alpha value is -1.62. The number of nitrogens with zero attached hydrogens (tertiary/aromatic N) is 1. The van der Waals surface area contributed by atoms with Gasteiger partial charge in [-0.15, -0.1) is 0 Å². The Labute approximate surface area is 129 Å². The minimum atomic E-state index is 0. The second-order valence-corrected chi connectivity index (χ2v) is 4.48. The van der Waals surface area contributed by atoms with E-state index in [0.717, 1.165) is 16.7 Å². The van der Waals surface area contributed by atoms with Gasteiger partial charge in [0.25, 0.3) is 0 Å². The van der Waals surface area contributed by atoms with E-state index in [2.05, 4.69) is 41.9 Å². The molecule has 2 aromatic heterocycles. The molecule has 0 saturated carbocycles. The molecule has 0 atom stereocenters. The van der Waals surface area contributed by atoms with E-state index in [1.807, 2.05) is 36.3 Å². The first-order valence-electron chi connectivity index (χ1n) is 5.97. The van der Waals surface area contributed by atoms with Crippen LogP contribution in [0.25, 0.3) is 16.5 Å². The van der Waals surface area contributed by atoms with Gasteiger partial charge < -0.3 is 29.0 Å². The molecule has 0 unspecified atom stereocenters. The van der Waals surface area contributed by atoms with Crippen LogP contribution in [-0.2, 0) is 7.05 Å². The van der Waals surface area contributed by atoms with Gasteiger partial charge >= 0.3 is 0 Å². The highest BCUT2D eigenvalue weighted by atomic mass is 127. The maximum atomic E-state index is 4.22. The molecule has 0 spiro atoms. The maximum absolute atomic E-state index is 4.22. The summed E-state index contributed by atoms with van der Waals surface area (Å²) in [7, 11) is 2.01. The van der Waals surface area contributed by atoms with Gasteiger partial charge in [0.1, 0.15) is 7.05 Å². The molecule has 0 bridgehead atoms. The molecule has 96 valence electrons. The predicted octanol–water partition coefficient (Wildman–Crippen LogP) is 0.0579. The third-order valence-electron chi connectivity index (χ3n) is 3.24. The lowest BCUT2D eigenvalue weighted by Crippen LogP contribution is -3.00. The van der Waals surface area contributed by atoms with Crippen LogP contribution in [-0.4, -0.2) is 4.98 Å². The highest BCUT2D eigenvalue weighted by Gasteiger charge is 2.09. The van der Waals surface area contributed by atoms with Crippen molar-refractivity contribution >= 4 is 16.5 Å². The van der Waals surface area contributed by atoms with Gasteiger partial charge in [0.2, 0.25) is 0 Å². The number of aryl methyl sites for hydroxylation is 1. The molecule has 2 heterocycles. The maximum Gasteiger partial charge on any atom is 0.169 e. The fourth-order valence-corrected chi connectivity index (χ4v) is 2.18. The first-order valence-corrected chi connectivity index (χ1v) is 5.97. The molecular weight excluding hydrogens is 347 g/mol. The number of fused-ring (bicyclic) bond motifs is 1. The highest BCUT2D eigenvalue weighted by Crippen LogP contribution is 2.27. The van der Waals surface area contributed by atoms with Crippen molar-refractivity contribution < 1.29 is 28.5 Å². The zero-order chi connectivity index (χ0) is 12.5. The number of hydrogen-bond donors (Lipinski definition) is 1. The zero-order valence-electron chi connectivity index (χ0n) is 10.7.